The summed E-state index contributed by atoms with van der Waals surface area (Å²) in [5.74, 6) is 0.294. The lowest BCUT2D eigenvalue weighted by molar-refractivity contribution is -0.137. The molecule has 0 saturated carbocycles. The van der Waals surface area contributed by atoms with E-state index < -0.39 is 11.7 Å². The van der Waals surface area contributed by atoms with Crippen LogP contribution in [0, 0.1) is 5.41 Å². The van der Waals surface area contributed by atoms with Crippen molar-refractivity contribution in [2.24, 2.45) is 0 Å². The fourth-order valence-corrected chi connectivity index (χ4v) is 3.11. The summed E-state index contributed by atoms with van der Waals surface area (Å²) in [5, 5.41) is 8.86. The molecule has 30 heavy (non-hydrogen) atoms. The molecule has 3 rings (SSSR count). The first-order valence-electron chi connectivity index (χ1n) is 9.15. The Balaban J connectivity index is 0.00000101. The second-order valence-electron chi connectivity index (χ2n) is 7.07. The van der Waals surface area contributed by atoms with Gasteiger partial charge in [-0.3, -0.25) is 0 Å². The van der Waals surface area contributed by atoms with Crippen LogP contribution in [0.15, 0.2) is 36.4 Å². The number of hydrogen-bond donors (Lipinski definition) is 3. The first-order chi connectivity index (χ1) is 14.0. The van der Waals surface area contributed by atoms with Crippen LogP contribution in [0.3, 0.4) is 0 Å². The van der Waals surface area contributed by atoms with Gasteiger partial charge in [-0.15, -0.1) is 0 Å². The van der Waals surface area contributed by atoms with Gasteiger partial charge in [0.1, 0.15) is 5.82 Å². The molecular weight excluding hydrogens is 409 g/mol. The van der Waals surface area contributed by atoms with Gasteiger partial charge in [-0.1, -0.05) is 26.0 Å². The van der Waals surface area contributed by atoms with Crippen LogP contribution < -0.4 is 11.5 Å². The summed E-state index contributed by atoms with van der Waals surface area (Å²) in [4.78, 5) is 4.49. The SMILES string of the molecule is CC(C)c1nc(N)c2cc(N)c(C=N)cc2c1-c1ccc(C(F)(F)F)cc1.CSC. The lowest BCUT2D eigenvalue weighted by Gasteiger charge is -2.18. The molecule has 3 aromatic rings. The molecular formula is C22H25F3N4S. The number of nitrogens with zero attached hydrogens (tertiary/aromatic N) is 1. The number of fused-ring (bicyclic) bond motifs is 1. The molecule has 1 aromatic heterocycles. The first-order valence-corrected chi connectivity index (χ1v) is 10.8. The lowest BCUT2D eigenvalue weighted by atomic mass is 9.91. The number of benzene rings is 2. The highest BCUT2D eigenvalue weighted by atomic mass is 32.2. The molecule has 0 amide bonds. The molecule has 0 fully saturated rings. The number of alkyl halides is 3. The maximum atomic E-state index is 12.9. The van der Waals surface area contributed by atoms with Crippen LogP contribution in [-0.4, -0.2) is 23.7 Å². The van der Waals surface area contributed by atoms with E-state index >= 15 is 0 Å². The van der Waals surface area contributed by atoms with Crippen molar-refractivity contribution in [2.75, 3.05) is 24.0 Å². The Morgan fingerprint density at radius 3 is 2.07 bits per heavy atom. The number of nitrogens with two attached hydrogens (primary N) is 2. The van der Waals surface area contributed by atoms with E-state index in [-0.39, 0.29) is 5.92 Å². The van der Waals surface area contributed by atoms with Crippen LogP contribution in [-0.2, 0) is 6.18 Å². The van der Waals surface area contributed by atoms with Crippen LogP contribution in [0.1, 0.15) is 36.6 Å². The van der Waals surface area contributed by atoms with E-state index in [1.165, 1.54) is 12.1 Å². The Kier molecular flexibility index (Phi) is 7.36. The Morgan fingerprint density at radius 2 is 1.60 bits per heavy atom. The Hall–Kier alpha value is -2.74. The van der Waals surface area contributed by atoms with E-state index in [4.69, 9.17) is 16.9 Å². The highest BCUT2D eigenvalue weighted by molar-refractivity contribution is 7.97. The summed E-state index contributed by atoms with van der Waals surface area (Å²) in [5.41, 5.74) is 14.2. The highest BCUT2D eigenvalue weighted by Gasteiger charge is 2.30. The van der Waals surface area contributed by atoms with Gasteiger partial charge in [0.2, 0.25) is 0 Å². The maximum absolute atomic E-state index is 12.9. The van der Waals surface area contributed by atoms with Crippen molar-refractivity contribution < 1.29 is 13.2 Å². The van der Waals surface area contributed by atoms with Crippen LogP contribution in [0.4, 0.5) is 24.7 Å². The van der Waals surface area contributed by atoms with Crippen LogP contribution in [0.5, 0.6) is 0 Å². The number of pyridine rings is 1. The zero-order valence-electron chi connectivity index (χ0n) is 17.3. The van der Waals surface area contributed by atoms with Gasteiger partial charge in [-0.2, -0.15) is 24.9 Å². The van der Waals surface area contributed by atoms with E-state index in [0.717, 1.165) is 18.3 Å². The number of rotatable bonds is 3. The Morgan fingerprint density at radius 1 is 1.03 bits per heavy atom. The molecule has 2 aromatic carbocycles. The summed E-state index contributed by atoms with van der Waals surface area (Å²) in [6.45, 7) is 3.88. The minimum Gasteiger partial charge on any atom is -0.398 e. The van der Waals surface area contributed by atoms with Gasteiger partial charge in [0, 0.05) is 28.4 Å². The monoisotopic (exact) mass is 434 g/mol. The van der Waals surface area contributed by atoms with Gasteiger partial charge >= 0.3 is 6.18 Å². The van der Waals surface area contributed by atoms with Gasteiger partial charge in [-0.05, 0) is 53.6 Å². The molecule has 0 aliphatic rings. The molecule has 8 heteroatoms. The smallest absolute Gasteiger partial charge is 0.398 e. The standard InChI is InChI=1S/C20H19F3N4.C2H6S/c1-10(2)18-17(11-3-5-13(6-4-11)20(21,22)23)14-7-12(9-24)16(25)8-15(14)19(26)27-18;1-3-2/h3-10,24H,25H2,1-2H3,(H2,26,27);1-2H3. The average molecular weight is 435 g/mol. The van der Waals surface area contributed by atoms with E-state index in [2.05, 4.69) is 4.98 Å². The second-order valence-corrected chi connectivity index (χ2v) is 7.88. The minimum absolute atomic E-state index is 0.00465. The quantitative estimate of drug-likeness (QED) is 0.339. The third kappa shape index (κ3) is 4.87. The molecule has 0 atom stereocenters. The number of hydrogen-bond acceptors (Lipinski definition) is 5. The molecule has 0 aliphatic carbocycles. The lowest BCUT2D eigenvalue weighted by Crippen LogP contribution is -2.06. The number of halogens is 3. The largest absolute Gasteiger partial charge is 0.416 e. The van der Waals surface area contributed by atoms with E-state index in [9.17, 15) is 13.2 Å². The number of thioether (sulfide) groups is 1. The summed E-state index contributed by atoms with van der Waals surface area (Å²) >= 11 is 1.75. The van der Waals surface area contributed by atoms with Gasteiger partial charge < -0.3 is 16.9 Å². The van der Waals surface area contributed by atoms with Crippen molar-refractivity contribution in [3.05, 3.63) is 53.2 Å². The minimum atomic E-state index is -4.40. The predicted molar refractivity (Wildman–Crippen MR) is 122 cm³/mol. The molecule has 0 unspecified atom stereocenters. The fourth-order valence-electron chi connectivity index (χ4n) is 3.11. The fraction of sp³-hybridized carbons (Fsp3) is 0.273. The van der Waals surface area contributed by atoms with Gasteiger partial charge in [0.15, 0.2) is 0 Å². The van der Waals surface area contributed by atoms with Gasteiger partial charge in [-0.25, -0.2) is 4.98 Å². The molecule has 160 valence electrons. The molecule has 0 bridgehead atoms. The van der Waals surface area contributed by atoms with E-state index in [0.29, 0.717) is 44.7 Å². The number of nitrogens with one attached hydrogen (secondary N) is 1. The van der Waals surface area contributed by atoms with Crippen molar-refractivity contribution in [3.63, 3.8) is 0 Å². The molecule has 0 radical (unpaired) electrons. The number of nitrogen functional groups attached to an aromatic ring is 2. The maximum Gasteiger partial charge on any atom is 0.416 e. The van der Waals surface area contributed by atoms with Crippen LogP contribution in [0.25, 0.3) is 21.9 Å². The predicted octanol–water partition coefficient (Wildman–Crippen LogP) is 6.19. The Bertz CT molecular complexity index is 1050. The first kappa shape index (κ1) is 23.5. The van der Waals surface area contributed by atoms with Crippen molar-refractivity contribution in [1.29, 1.82) is 5.41 Å². The molecule has 1 heterocycles. The van der Waals surface area contributed by atoms with E-state index in [1.54, 1.807) is 23.9 Å². The summed E-state index contributed by atoms with van der Waals surface area (Å²) in [6, 6.07) is 8.35. The summed E-state index contributed by atoms with van der Waals surface area (Å²) < 4.78 is 38.7. The van der Waals surface area contributed by atoms with Crippen molar-refractivity contribution in [2.45, 2.75) is 25.9 Å². The van der Waals surface area contributed by atoms with Crippen molar-refractivity contribution >= 4 is 40.3 Å². The normalized spacial score (nSPS) is 11.3. The molecule has 0 spiro atoms. The van der Waals surface area contributed by atoms with Crippen LogP contribution >= 0.6 is 11.8 Å². The van der Waals surface area contributed by atoms with Gasteiger partial charge in [0.25, 0.3) is 0 Å². The average Bonchev–Trinajstić information content (AvgIpc) is 2.68. The van der Waals surface area contributed by atoms with Crippen molar-refractivity contribution in [1.82, 2.24) is 4.98 Å². The molecule has 0 saturated heterocycles. The zero-order chi connectivity index (χ0) is 22.6. The third-order valence-electron chi connectivity index (χ3n) is 4.47. The van der Waals surface area contributed by atoms with Gasteiger partial charge in [0.05, 0.1) is 11.3 Å². The molecule has 4 nitrogen and oxygen atoms in total. The number of anilines is 2. The molecule has 0 aliphatic heterocycles. The Labute approximate surface area is 178 Å². The van der Waals surface area contributed by atoms with Crippen LogP contribution in [0.2, 0.25) is 0 Å². The molecule has 5 N–H and O–H groups in total. The highest BCUT2D eigenvalue weighted by Crippen LogP contribution is 2.39. The van der Waals surface area contributed by atoms with Crippen molar-refractivity contribution in [3.8, 4) is 11.1 Å². The number of aromatic nitrogens is 1. The summed E-state index contributed by atoms with van der Waals surface area (Å²) in [6.07, 6.45) is 0.819. The van der Waals surface area contributed by atoms with E-state index in [1.807, 2.05) is 26.4 Å². The zero-order valence-corrected chi connectivity index (χ0v) is 18.1. The summed E-state index contributed by atoms with van der Waals surface area (Å²) in [7, 11) is 0. The third-order valence-corrected chi connectivity index (χ3v) is 4.47. The second kappa shape index (κ2) is 9.38. The topological polar surface area (TPSA) is 88.8 Å².